The van der Waals surface area contributed by atoms with Crippen LogP contribution in [0.1, 0.15) is 60.7 Å². The van der Waals surface area contributed by atoms with E-state index in [0.717, 1.165) is 22.9 Å². The van der Waals surface area contributed by atoms with Gasteiger partial charge in [-0.1, -0.05) is 48.2 Å². The first-order chi connectivity index (χ1) is 19.5. The molecular formula is C30H34N2O7S2. The zero-order valence-corrected chi connectivity index (χ0v) is 25.3. The Kier molecular flexibility index (Phi) is 11.9. The van der Waals surface area contributed by atoms with Crippen LogP contribution in [0.25, 0.3) is 0 Å². The molecule has 0 aromatic heterocycles. The van der Waals surface area contributed by atoms with Gasteiger partial charge in [0.05, 0.1) is 38.7 Å². The molecule has 0 unspecified atom stereocenters. The van der Waals surface area contributed by atoms with Gasteiger partial charge in [-0.15, -0.1) is 0 Å². The zero-order chi connectivity index (χ0) is 30.0. The molecule has 2 aromatic rings. The second kappa shape index (κ2) is 15.1. The van der Waals surface area contributed by atoms with E-state index in [1.54, 1.807) is 24.3 Å². The number of ether oxygens (including phenoxy) is 2. The number of Topliss-reactive ketones (excluding diaryl/α,β-unsaturated/α-hetero) is 2. The normalized spacial score (nSPS) is 14.3. The van der Waals surface area contributed by atoms with Crippen LogP contribution in [0.3, 0.4) is 0 Å². The molecule has 0 amide bonds. The SMILES string of the molecule is CCC(=S)CC(=O)O/N=C(\CC(=O)OC)C(=O)c1ccc(Sc2ccc(C(=O)C(C)(C)N3CCOCC3)cc2)cc1. The molecule has 0 spiro atoms. The topological polar surface area (TPSA) is 112 Å². The summed E-state index contributed by atoms with van der Waals surface area (Å²) in [7, 11) is 1.19. The van der Waals surface area contributed by atoms with E-state index in [4.69, 9.17) is 21.8 Å². The molecule has 1 saturated heterocycles. The molecule has 0 saturated carbocycles. The molecule has 0 radical (unpaired) electrons. The van der Waals surface area contributed by atoms with E-state index in [1.807, 2.05) is 45.0 Å². The van der Waals surface area contributed by atoms with Crippen molar-refractivity contribution in [3.05, 3.63) is 59.7 Å². The maximum Gasteiger partial charge on any atom is 0.339 e. The zero-order valence-electron chi connectivity index (χ0n) is 23.6. The Morgan fingerprint density at radius 3 is 2.02 bits per heavy atom. The predicted molar refractivity (Wildman–Crippen MR) is 160 cm³/mol. The van der Waals surface area contributed by atoms with Crippen molar-refractivity contribution in [3.63, 3.8) is 0 Å². The monoisotopic (exact) mass is 598 g/mol. The van der Waals surface area contributed by atoms with Crippen LogP contribution < -0.4 is 0 Å². The molecule has 2 aromatic carbocycles. The van der Waals surface area contributed by atoms with Crippen LogP contribution in [0.15, 0.2) is 63.5 Å². The number of oxime groups is 1. The Labute approximate surface area is 249 Å². The standard InChI is InChI=1S/C30H34N2O7S2/c1-5-22(40)18-27(34)39-31-25(19-26(33)37-4)28(35)20-6-10-23(11-7-20)41-24-12-8-21(9-13-24)29(36)30(2,3)32-14-16-38-17-15-32/h6-13H,5,14-19H2,1-4H3/b31-25+. The third-order valence-electron chi connectivity index (χ3n) is 6.62. The van der Waals surface area contributed by atoms with Gasteiger partial charge in [-0.05, 0) is 56.7 Å². The van der Waals surface area contributed by atoms with Crippen LogP contribution in [0, 0.1) is 0 Å². The van der Waals surface area contributed by atoms with Gasteiger partial charge in [0, 0.05) is 38.9 Å². The number of thiocarbonyl (C=S) groups is 1. The molecule has 0 N–H and O–H groups in total. The Bertz CT molecular complexity index is 1300. The van der Waals surface area contributed by atoms with Crippen LogP contribution in [0.4, 0.5) is 0 Å². The summed E-state index contributed by atoms with van der Waals surface area (Å²) in [6, 6.07) is 14.2. The molecule has 0 aliphatic carbocycles. The molecule has 41 heavy (non-hydrogen) atoms. The van der Waals surface area contributed by atoms with Gasteiger partial charge >= 0.3 is 11.9 Å². The fourth-order valence-electron chi connectivity index (χ4n) is 4.06. The first-order valence-corrected chi connectivity index (χ1v) is 14.4. The molecule has 0 bridgehead atoms. The van der Waals surface area contributed by atoms with Crippen molar-refractivity contribution < 1.29 is 33.5 Å². The third-order valence-corrected chi connectivity index (χ3v) is 8.07. The van der Waals surface area contributed by atoms with Gasteiger partial charge in [0.25, 0.3) is 0 Å². The van der Waals surface area contributed by atoms with Crippen molar-refractivity contribution in [2.45, 2.75) is 55.4 Å². The van der Waals surface area contributed by atoms with E-state index < -0.39 is 29.7 Å². The number of methoxy groups -OCH3 is 1. The lowest BCUT2D eigenvalue weighted by Gasteiger charge is -2.39. The summed E-state index contributed by atoms with van der Waals surface area (Å²) in [6.07, 6.45) is -0.0334. The van der Waals surface area contributed by atoms with Gasteiger partial charge in [0.15, 0.2) is 5.78 Å². The average molecular weight is 599 g/mol. The molecule has 11 heteroatoms. The maximum atomic E-state index is 13.2. The minimum atomic E-state index is -0.712. The Morgan fingerprint density at radius 1 is 0.927 bits per heavy atom. The lowest BCUT2D eigenvalue weighted by Crippen LogP contribution is -2.54. The molecule has 218 valence electrons. The number of nitrogens with zero attached hydrogens (tertiary/aromatic N) is 2. The van der Waals surface area contributed by atoms with Gasteiger partial charge in [0.1, 0.15) is 5.71 Å². The minimum Gasteiger partial charge on any atom is -0.469 e. The number of carbonyl (C=O) groups excluding carboxylic acids is 4. The Balaban J connectivity index is 1.67. The van der Waals surface area contributed by atoms with E-state index in [9.17, 15) is 19.2 Å². The van der Waals surface area contributed by atoms with E-state index in [1.165, 1.54) is 18.9 Å². The lowest BCUT2D eigenvalue weighted by atomic mass is 9.91. The number of benzene rings is 2. The molecule has 9 nitrogen and oxygen atoms in total. The van der Waals surface area contributed by atoms with Gasteiger partial charge in [-0.25, -0.2) is 4.79 Å². The molecule has 3 rings (SSSR count). The second-order valence-electron chi connectivity index (χ2n) is 9.79. The third kappa shape index (κ3) is 9.12. The fraction of sp³-hybridized carbons (Fsp3) is 0.400. The summed E-state index contributed by atoms with van der Waals surface area (Å²) in [5.74, 6) is -1.92. The molecular weight excluding hydrogens is 564 g/mol. The van der Waals surface area contributed by atoms with Crippen molar-refractivity contribution in [1.29, 1.82) is 0 Å². The van der Waals surface area contributed by atoms with Crippen molar-refractivity contribution in [3.8, 4) is 0 Å². The summed E-state index contributed by atoms with van der Waals surface area (Å²) >= 11 is 6.50. The van der Waals surface area contributed by atoms with Crippen LogP contribution >= 0.6 is 24.0 Å². The van der Waals surface area contributed by atoms with Gasteiger partial charge < -0.3 is 14.3 Å². The van der Waals surface area contributed by atoms with Gasteiger partial charge in [0.2, 0.25) is 5.78 Å². The number of morpholine rings is 1. The Hall–Kier alpha value is -3.25. The molecule has 1 aliphatic heterocycles. The molecule has 0 atom stereocenters. The summed E-state index contributed by atoms with van der Waals surface area (Å²) in [5, 5.41) is 3.65. The largest absolute Gasteiger partial charge is 0.469 e. The number of esters is 1. The number of hydrogen-bond donors (Lipinski definition) is 0. The maximum absolute atomic E-state index is 13.2. The van der Waals surface area contributed by atoms with Crippen molar-refractivity contribution in [2.24, 2.45) is 5.16 Å². The molecule has 1 fully saturated rings. The van der Waals surface area contributed by atoms with Crippen molar-refractivity contribution in [2.75, 3.05) is 33.4 Å². The van der Waals surface area contributed by atoms with E-state index in [0.29, 0.717) is 30.1 Å². The first-order valence-electron chi connectivity index (χ1n) is 13.2. The van der Waals surface area contributed by atoms with E-state index in [-0.39, 0.29) is 23.5 Å². The predicted octanol–water partition coefficient (Wildman–Crippen LogP) is 4.95. The van der Waals surface area contributed by atoms with E-state index in [2.05, 4.69) is 14.8 Å². The van der Waals surface area contributed by atoms with Crippen LogP contribution in [-0.4, -0.2) is 77.9 Å². The highest BCUT2D eigenvalue weighted by atomic mass is 32.2. The lowest BCUT2D eigenvalue weighted by molar-refractivity contribution is -0.143. The highest BCUT2D eigenvalue weighted by Gasteiger charge is 2.35. The minimum absolute atomic E-state index is 0.0574. The van der Waals surface area contributed by atoms with Crippen LogP contribution in [-0.2, 0) is 23.9 Å². The summed E-state index contributed by atoms with van der Waals surface area (Å²) in [6.45, 7) is 8.39. The number of ketones is 2. The van der Waals surface area contributed by atoms with Gasteiger partial charge in [-0.3, -0.25) is 19.3 Å². The smallest absolute Gasteiger partial charge is 0.339 e. The summed E-state index contributed by atoms with van der Waals surface area (Å²) in [4.78, 5) is 59.4. The Morgan fingerprint density at radius 2 is 1.49 bits per heavy atom. The highest BCUT2D eigenvalue weighted by molar-refractivity contribution is 7.99. The number of rotatable bonds is 13. The molecule has 1 aliphatic rings. The second-order valence-corrected chi connectivity index (χ2v) is 11.5. The van der Waals surface area contributed by atoms with Crippen molar-refractivity contribution >= 4 is 58.1 Å². The van der Waals surface area contributed by atoms with E-state index >= 15 is 0 Å². The fourth-order valence-corrected chi connectivity index (χ4v) is 4.99. The average Bonchev–Trinajstić information content (AvgIpc) is 2.99. The van der Waals surface area contributed by atoms with Crippen LogP contribution in [0.2, 0.25) is 0 Å². The highest BCUT2D eigenvalue weighted by Crippen LogP contribution is 2.29. The number of hydrogen-bond acceptors (Lipinski definition) is 11. The van der Waals surface area contributed by atoms with Gasteiger partial charge in [-0.2, -0.15) is 0 Å². The summed E-state index contributed by atoms with van der Waals surface area (Å²) in [5.41, 5.74) is 0.0235. The van der Waals surface area contributed by atoms with Crippen molar-refractivity contribution in [1.82, 2.24) is 4.90 Å². The number of carbonyl (C=O) groups is 4. The van der Waals surface area contributed by atoms with Crippen LogP contribution in [0.5, 0.6) is 0 Å². The molecule has 1 heterocycles. The summed E-state index contributed by atoms with van der Waals surface area (Å²) < 4.78 is 10.1. The first kappa shape index (κ1) is 32.3. The quantitative estimate of drug-likeness (QED) is 0.0784.